The van der Waals surface area contributed by atoms with Crippen LogP contribution in [0.25, 0.3) is 0 Å². The summed E-state index contributed by atoms with van der Waals surface area (Å²) in [5.74, 6) is 0.810. The molecule has 3 heteroatoms. The number of aliphatic hydroxyl groups excluding tert-OH is 1. The summed E-state index contributed by atoms with van der Waals surface area (Å²) in [7, 11) is 2.07. The maximum absolute atomic E-state index is 9.44. The molecular formula is C11H22N2O. The Hall–Kier alpha value is -0.120. The second-order valence-electron chi connectivity index (χ2n) is 4.79. The lowest BCUT2D eigenvalue weighted by molar-refractivity contribution is 0.167. The van der Waals surface area contributed by atoms with Crippen molar-refractivity contribution in [3.05, 3.63) is 0 Å². The van der Waals surface area contributed by atoms with Gasteiger partial charge < -0.3 is 15.3 Å². The normalized spacial score (nSPS) is 39.4. The van der Waals surface area contributed by atoms with E-state index in [0.29, 0.717) is 6.04 Å². The highest BCUT2D eigenvalue weighted by Crippen LogP contribution is 2.27. The highest BCUT2D eigenvalue weighted by atomic mass is 16.3. The molecule has 1 heterocycles. The monoisotopic (exact) mass is 198 g/mol. The van der Waals surface area contributed by atoms with Gasteiger partial charge in [-0.2, -0.15) is 0 Å². The number of nitrogens with zero attached hydrogens (tertiary/aromatic N) is 1. The maximum Gasteiger partial charge on any atom is 0.0679 e. The second kappa shape index (κ2) is 4.60. The van der Waals surface area contributed by atoms with E-state index >= 15 is 0 Å². The number of nitrogens with one attached hydrogen (secondary N) is 1. The first-order valence-corrected chi connectivity index (χ1v) is 5.87. The molecule has 0 radical (unpaired) electrons. The molecule has 2 fully saturated rings. The molecule has 0 aromatic carbocycles. The van der Waals surface area contributed by atoms with Crippen molar-refractivity contribution in [3.8, 4) is 0 Å². The van der Waals surface area contributed by atoms with Crippen LogP contribution in [0.2, 0.25) is 0 Å². The maximum atomic E-state index is 9.44. The number of hydrogen-bond acceptors (Lipinski definition) is 3. The molecule has 2 N–H and O–H groups in total. The fourth-order valence-electron chi connectivity index (χ4n) is 2.95. The van der Waals surface area contributed by atoms with Crippen LogP contribution in [0, 0.1) is 5.92 Å². The van der Waals surface area contributed by atoms with Gasteiger partial charge in [-0.3, -0.25) is 0 Å². The summed E-state index contributed by atoms with van der Waals surface area (Å²) in [6.07, 6.45) is 4.96. The average Bonchev–Trinajstić information content (AvgIpc) is 2.76. The fourth-order valence-corrected chi connectivity index (χ4v) is 2.95. The molecule has 0 spiro atoms. The van der Waals surface area contributed by atoms with Crippen molar-refractivity contribution >= 4 is 0 Å². The molecule has 2 aliphatic rings. The number of hydrogen-bond donors (Lipinski definition) is 2. The van der Waals surface area contributed by atoms with Gasteiger partial charge in [-0.25, -0.2) is 0 Å². The average molecular weight is 198 g/mol. The molecule has 2 rings (SSSR count). The van der Waals surface area contributed by atoms with Gasteiger partial charge in [0, 0.05) is 25.7 Å². The zero-order valence-electron chi connectivity index (χ0n) is 9.08. The molecule has 0 bridgehead atoms. The standard InChI is InChI=1S/C11H22N2O/c1-12-11-4-2-3-9(11)7-13-6-5-10(14)8-13/h9-12,14H,2-8H2,1H3. The summed E-state index contributed by atoms with van der Waals surface area (Å²) >= 11 is 0. The molecule has 0 aromatic rings. The Morgan fingerprint density at radius 1 is 1.36 bits per heavy atom. The fraction of sp³-hybridized carbons (Fsp3) is 1.00. The van der Waals surface area contributed by atoms with Gasteiger partial charge in [0.05, 0.1) is 6.10 Å². The highest BCUT2D eigenvalue weighted by molar-refractivity contribution is 4.86. The van der Waals surface area contributed by atoms with Crippen LogP contribution in [0.3, 0.4) is 0 Å². The molecular weight excluding hydrogens is 176 g/mol. The van der Waals surface area contributed by atoms with E-state index in [2.05, 4.69) is 17.3 Å². The van der Waals surface area contributed by atoms with Crippen LogP contribution >= 0.6 is 0 Å². The third-order valence-corrected chi connectivity index (χ3v) is 3.77. The van der Waals surface area contributed by atoms with Gasteiger partial charge in [-0.1, -0.05) is 6.42 Å². The van der Waals surface area contributed by atoms with Crippen molar-refractivity contribution in [2.24, 2.45) is 5.92 Å². The van der Waals surface area contributed by atoms with Crippen LogP contribution in [0.1, 0.15) is 25.7 Å². The molecule has 1 aliphatic carbocycles. The summed E-state index contributed by atoms with van der Waals surface area (Å²) in [4.78, 5) is 2.42. The Kier molecular flexibility index (Phi) is 3.42. The quantitative estimate of drug-likeness (QED) is 0.691. The molecule has 14 heavy (non-hydrogen) atoms. The zero-order chi connectivity index (χ0) is 9.97. The minimum Gasteiger partial charge on any atom is -0.392 e. The molecule has 1 saturated carbocycles. The van der Waals surface area contributed by atoms with Crippen molar-refractivity contribution < 1.29 is 5.11 Å². The predicted molar refractivity (Wildman–Crippen MR) is 57.3 cm³/mol. The summed E-state index contributed by atoms with van der Waals surface area (Å²) in [5.41, 5.74) is 0. The van der Waals surface area contributed by atoms with Crippen LogP contribution in [0.15, 0.2) is 0 Å². The lowest BCUT2D eigenvalue weighted by Gasteiger charge is -2.24. The van der Waals surface area contributed by atoms with Crippen molar-refractivity contribution in [1.29, 1.82) is 0 Å². The molecule has 1 saturated heterocycles. The summed E-state index contributed by atoms with van der Waals surface area (Å²) in [6.45, 7) is 3.17. The van der Waals surface area contributed by atoms with E-state index in [1.54, 1.807) is 0 Å². The van der Waals surface area contributed by atoms with E-state index in [-0.39, 0.29) is 6.10 Å². The van der Waals surface area contributed by atoms with Gasteiger partial charge in [0.25, 0.3) is 0 Å². The molecule has 82 valence electrons. The van der Waals surface area contributed by atoms with Crippen LogP contribution in [-0.2, 0) is 0 Å². The molecule has 3 atom stereocenters. The van der Waals surface area contributed by atoms with Crippen LogP contribution in [-0.4, -0.2) is 48.8 Å². The first kappa shape index (κ1) is 10.4. The Morgan fingerprint density at radius 3 is 2.86 bits per heavy atom. The third-order valence-electron chi connectivity index (χ3n) is 3.77. The Morgan fingerprint density at radius 2 is 2.21 bits per heavy atom. The first-order chi connectivity index (χ1) is 6.79. The topological polar surface area (TPSA) is 35.5 Å². The van der Waals surface area contributed by atoms with Crippen LogP contribution in [0.5, 0.6) is 0 Å². The molecule has 3 nitrogen and oxygen atoms in total. The number of aliphatic hydroxyl groups is 1. The minimum atomic E-state index is -0.0653. The van der Waals surface area contributed by atoms with E-state index in [1.165, 1.54) is 25.8 Å². The van der Waals surface area contributed by atoms with Crippen LogP contribution in [0.4, 0.5) is 0 Å². The number of β-amino-alcohol motifs (C(OH)–C–C–N with tert-alkyl or cyclic N) is 1. The van der Waals surface area contributed by atoms with Gasteiger partial charge in [-0.15, -0.1) is 0 Å². The van der Waals surface area contributed by atoms with Gasteiger partial charge in [0.2, 0.25) is 0 Å². The first-order valence-electron chi connectivity index (χ1n) is 5.87. The second-order valence-corrected chi connectivity index (χ2v) is 4.79. The van der Waals surface area contributed by atoms with Gasteiger partial charge in [0.15, 0.2) is 0 Å². The van der Waals surface area contributed by atoms with E-state index in [0.717, 1.165) is 25.4 Å². The van der Waals surface area contributed by atoms with Crippen LogP contribution < -0.4 is 5.32 Å². The SMILES string of the molecule is CNC1CCCC1CN1CCC(O)C1. The minimum absolute atomic E-state index is 0.0653. The van der Waals surface area contributed by atoms with Crippen molar-refractivity contribution in [2.75, 3.05) is 26.7 Å². The van der Waals surface area contributed by atoms with Crippen molar-refractivity contribution in [3.63, 3.8) is 0 Å². The largest absolute Gasteiger partial charge is 0.392 e. The lowest BCUT2D eigenvalue weighted by atomic mass is 10.0. The Balaban J connectivity index is 1.79. The molecule has 3 unspecified atom stereocenters. The van der Waals surface area contributed by atoms with E-state index in [1.807, 2.05) is 0 Å². The van der Waals surface area contributed by atoms with Gasteiger partial charge in [-0.05, 0) is 32.2 Å². The predicted octanol–water partition coefficient (Wildman–Crippen LogP) is 0.441. The van der Waals surface area contributed by atoms with Gasteiger partial charge >= 0.3 is 0 Å². The summed E-state index contributed by atoms with van der Waals surface area (Å²) < 4.78 is 0. The molecule has 0 amide bonds. The van der Waals surface area contributed by atoms with Crippen molar-refractivity contribution in [2.45, 2.75) is 37.8 Å². The summed E-state index contributed by atoms with van der Waals surface area (Å²) in [6, 6.07) is 0.716. The number of rotatable bonds is 3. The number of likely N-dealkylation sites (tertiary alicyclic amines) is 1. The van der Waals surface area contributed by atoms with E-state index < -0.39 is 0 Å². The third kappa shape index (κ3) is 2.27. The lowest BCUT2D eigenvalue weighted by Crippen LogP contribution is -2.37. The van der Waals surface area contributed by atoms with E-state index in [4.69, 9.17) is 0 Å². The van der Waals surface area contributed by atoms with Crippen molar-refractivity contribution in [1.82, 2.24) is 10.2 Å². The highest BCUT2D eigenvalue weighted by Gasteiger charge is 2.29. The zero-order valence-corrected chi connectivity index (χ0v) is 9.08. The summed E-state index contributed by atoms with van der Waals surface area (Å²) in [5, 5.41) is 12.8. The van der Waals surface area contributed by atoms with E-state index in [9.17, 15) is 5.11 Å². The Labute approximate surface area is 86.5 Å². The smallest absolute Gasteiger partial charge is 0.0679 e. The molecule has 0 aromatic heterocycles. The molecule has 1 aliphatic heterocycles. The Bertz CT molecular complexity index is 186. The van der Waals surface area contributed by atoms with Gasteiger partial charge in [0.1, 0.15) is 0 Å².